The number of carbonyl (C=O) groups is 1. The van der Waals surface area contributed by atoms with E-state index in [1.807, 2.05) is 24.1 Å². The van der Waals surface area contributed by atoms with Crippen molar-refractivity contribution in [3.05, 3.63) is 35.9 Å². The fourth-order valence-electron chi connectivity index (χ4n) is 2.73. The van der Waals surface area contributed by atoms with E-state index in [-0.39, 0.29) is 18.4 Å². The molecular formula is C14H19N5O2. The van der Waals surface area contributed by atoms with E-state index in [2.05, 4.69) is 10.2 Å². The fraction of sp³-hybridized carbons (Fsp3) is 0.500. The molecule has 1 aliphatic rings. The average molecular weight is 289 g/mol. The topological polar surface area (TPSA) is 76.2 Å². The predicted octanol–water partition coefficient (Wildman–Crippen LogP) is 0.250. The van der Waals surface area contributed by atoms with Crippen molar-refractivity contribution in [2.45, 2.75) is 33.1 Å². The summed E-state index contributed by atoms with van der Waals surface area (Å²) in [4.78, 5) is 14.4. The third-order valence-electron chi connectivity index (χ3n) is 3.80. The number of aliphatic hydroxyl groups excluding tert-OH is 1. The van der Waals surface area contributed by atoms with Crippen molar-refractivity contribution in [1.82, 2.24) is 24.5 Å². The maximum Gasteiger partial charge on any atom is 0.227 e. The summed E-state index contributed by atoms with van der Waals surface area (Å²) in [7, 11) is 0. The van der Waals surface area contributed by atoms with E-state index in [4.69, 9.17) is 5.11 Å². The average Bonchev–Trinajstić information content (AvgIpc) is 3.16. The molecule has 0 aliphatic carbocycles. The largest absolute Gasteiger partial charge is 0.394 e. The molecule has 0 aromatic carbocycles. The summed E-state index contributed by atoms with van der Waals surface area (Å²) in [6.07, 6.45) is 5.37. The van der Waals surface area contributed by atoms with Gasteiger partial charge in [0, 0.05) is 24.5 Å². The van der Waals surface area contributed by atoms with Gasteiger partial charge in [0.1, 0.15) is 0 Å². The quantitative estimate of drug-likeness (QED) is 0.856. The summed E-state index contributed by atoms with van der Waals surface area (Å²) in [6, 6.07) is 1.85. The van der Waals surface area contributed by atoms with E-state index in [0.29, 0.717) is 26.2 Å². The lowest BCUT2D eigenvalue weighted by atomic mass is 10.1. The third-order valence-corrected chi connectivity index (χ3v) is 3.80. The van der Waals surface area contributed by atoms with E-state index < -0.39 is 0 Å². The SMILES string of the molecule is C[C@H](Cn1cccn1)C(=O)N1Cc2cnn(CCO)c2C1. The number of nitrogens with zero attached hydrogens (tertiary/aromatic N) is 5. The minimum absolute atomic E-state index is 0.0533. The molecule has 1 aliphatic heterocycles. The number of rotatable bonds is 5. The molecule has 0 unspecified atom stereocenters. The van der Waals surface area contributed by atoms with Gasteiger partial charge < -0.3 is 10.0 Å². The van der Waals surface area contributed by atoms with Crippen molar-refractivity contribution >= 4 is 5.91 Å². The first kappa shape index (κ1) is 13.8. The highest BCUT2D eigenvalue weighted by Gasteiger charge is 2.29. The van der Waals surface area contributed by atoms with Gasteiger partial charge in [0.15, 0.2) is 0 Å². The van der Waals surface area contributed by atoms with Crippen LogP contribution in [0, 0.1) is 5.92 Å². The first-order valence-electron chi connectivity index (χ1n) is 7.09. The number of amides is 1. The normalized spacial score (nSPS) is 15.2. The summed E-state index contributed by atoms with van der Waals surface area (Å²) in [6.45, 7) is 4.20. The molecule has 1 amide bonds. The van der Waals surface area contributed by atoms with Gasteiger partial charge in [-0.05, 0) is 6.07 Å². The zero-order chi connectivity index (χ0) is 14.8. The monoisotopic (exact) mass is 289 g/mol. The Labute approximate surface area is 122 Å². The van der Waals surface area contributed by atoms with E-state index in [9.17, 15) is 4.79 Å². The molecule has 0 saturated heterocycles. The number of hydrogen-bond acceptors (Lipinski definition) is 4. The highest BCUT2D eigenvalue weighted by Crippen LogP contribution is 2.24. The molecule has 1 N–H and O–H groups in total. The van der Waals surface area contributed by atoms with Crippen LogP contribution < -0.4 is 0 Å². The van der Waals surface area contributed by atoms with Crippen molar-refractivity contribution in [3.63, 3.8) is 0 Å². The van der Waals surface area contributed by atoms with Crippen LogP contribution in [0.3, 0.4) is 0 Å². The zero-order valence-electron chi connectivity index (χ0n) is 12.0. The van der Waals surface area contributed by atoms with Gasteiger partial charge >= 0.3 is 0 Å². The van der Waals surface area contributed by atoms with Crippen LogP contribution in [0.25, 0.3) is 0 Å². The Morgan fingerprint density at radius 3 is 3.00 bits per heavy atom. The second kappa shape index (κ2) is 5.69. The van der Waals surface area contributed by atoms with Gasteiger partial charge in [-0.1, -0.05) is 6.92 Å². The van der Waals surface area contributed by atoms with Crippen molar-refractivity contribution in [2.75, 3.05) is 6.61 Å². The molecule has 7 nitrogen and oxygen atoms in total. The van der Waals surface area contributed by atoms with Crippen LogP contribution in [-0.2, 0) is 31.0 Å². The lowest BCUT2D eigenvalue weighted by Gasteiger charge is -2.20. The highest BCUT2D eigenvalue weighted by atomic mass is 16.3. The first-order chi connectivity index (χ1) is 10.2. The van der Waals surface area contributed by atoms with Gasteiger partial charge in [-0.15, -0.1) is 0 Å². The Morgan fingerprint density at radius 1 is 1.43 bits per heavy atom. The highest BCUT2D eigenvalue weighted by molar-refractivity contribution is 5.79. The molecule has 112 valence electrons. The second-order valence-corrected chi connectivity index (χ2v) is 5.39. The van der Waals surface area contributed by atoms with E-state index in [0.717, 1.165) is 11.3 Å². The van der Waals surface area contributed by atoms with Gasteiger partial charge in [-0.2, -0.15) is 10.2 Å². The number of hydrogen-bond donors (Lipinski definition) is 1. The van der Waals surface area contributed by atoms with E-state index in [1.165, 1.54) is 0 Å². The van der Waals surface area contributed by atoms with Crippen LogP contribution in [0.1, 0.15) is 18.2 Å². The fourth-order valence-corrected chi connectivity index (χ4v) is 2.73. The summed E-state index contributed by atoms with van der Waals surface area (Å²) >= 11 is 0. The summed E-state index contributed by atoms with van der Waals surface area (Å²) in [5.74, 6) is 0.00501. The molecule has 0 bridgehead atoms. The number of aliphatic hydroxyl groups is 1. The number of carbonyl (C=O) groups excluding carboxylic acids is 1. The molecule has 3 rings (SSSR count). The van der Waals surface area contributed by atoms with Crippen LogP contribution in [0.2, 0.25) is 0 Å². The maximum absolute atomic E-state index is 12.5. The minimum Gasteiger partial charge on any atom is -0.394 e. The van der Waals surface area contributed by atoms with Crippen LogP contribution in [0.15, 0.2) is 24.7 Å². The molecule has 2 aromatic rings. The Bertz CT molecular complexity index is 619. The van der Waals surface area contributed by atoms with Gasteiger partial charge in [0.05, 0.1) is 44.0 Å². The Kier molecular flexibility index (Phi) is 3.74. The van der Waals surface area contributed by atoms with Crippen LogP contribution >= 0.6 is 0 Å². The second-order valence-electron chi connectivity index (χ2n) is 5.39. The Morgan fingerprint density at radius 2 is 2.29 bits per heavy atom. The van der Waals surface area contributed by atoms with Crippen molar-refractivity contribution in [3.8, 4) is 0 Å². The van der Waals surface area contributed by atoms with Crippen LogP contribution in [0.4, 0.5) is 0 Å². The first-order valence-corrected chi connectivity index (χ1v) is 7.09. The third kappa shape index (κ3) is 2.69. The van der Waals surface area contributed by atoms with E-state index >= 15 is 0 Å². The molecule has 3 heterocycles. The van der Waals surface area contributed by atoms with Crippen molar-refractivity contribution in [1.29, 1.82) is 0 Å². The van der Waals surface area contributed by atoms with Gasteiger partial charge in [-0.25, -0.2) is 0 Å². The molecule has 0 fully saturated rings. The predicted molar refractivity (Wildman–Crippen MR) is 75.0 cm³/mol. The Balaban J connectivity index is 1.64. The lowest BCUT2D eigenvalue weighted by molar-refractivity contribution is -0.136. The molecular weight excluding hydrogens is 270 g/mol. The summed E-state index contributed by atoms with van der Waals surface area (Å²) in [5, 5.41) is 17.4. The standard InChI is InChI=1S/C14H19N5O2/c1-11(8-18-4-2-3-15-18)14(21)17-9-12-7-16-19(5-6-20)13(12)10-17/h2-4,7,11,20H,5-6,8-10H2,1H3/t11-/m1/s1. The molecule has 1 atom stereocenters. The maximum atomic E-state index is 12.5. The van der Waals surface area contributed by atoms with Crippen LogP contribution in [-0.4, -0.2) is 42.1 Å². The molecule has 0 radical (unpaired) electrons. The molecule has 2 aromatic heterocycles. The Hall–Kier alpha value is -2.15. The van der Waals surface area contributed by atoms with Crippen LogP contribution in [0.5, 0.6) is 0 Å². The van der Waals surface area contributed by atoms with Crippen molar-refractivity contribution < 1.29 is 9.90 Å². The lowest BCUT2D eigenvalue weighted by Crippen LogP contribution is -2.33. The van der Waals surface area contributed by atoms with Crippen molar-refractivity contribution in [2.24, 2.45) is 5.92 Å². The van der Waals surface area contributed by atoms with E-state index in [1.54, 1.807) is 21.8 Å². The van der Waals surface area contributed by atoms with Gasteiger partial charge in [-0.3, -0.25) is 14.2 Å². The number of aromatic nitrogens is 4. The summed E-state index contributed by atoms with van der Waals surface area (Å²) in [5.41, 5.74) is 2.10. The molecule has 0 saturated carbocycles. The zero-order valence-corrected chi connectivity index (χ0v) is 12.0. The smallest absolute Gasteiger partial charge is 0.227 e. The summed E-state index contributed by atoms with van der Waals surface area (Å²) < 4.78 is 3.56. The van der Waals surface area contributed by atoms with Gasteiger partial charge in [0.25, 0.3) is 0 Å². The number of fused-ring (bicyclic) bond motifs is 1. The molecule has 0 spiro atoms. The molecule has 7 heteroatoms. The minimum atomic E-state index is -0.117. The molecule has 21 heavy (non-hydrogen) atoms. The van der Waals surface area contributed by atoms with Gasteiger partial charge in [0.2, 0.25) is 5.91 Å².